The minimum Gasteiger partial charge on any atom is -0.377 e. The fourth-order valence-electron chi connectivity index (χ4n) is 1.79. The zero-order valence-electron chi connectivity index (χ0n) is 9.01. The average Bonchev–Trinajstić information content (AvgIpc) is 2.64. The SMILES string of the molecule is CCCNC(C)COC1CCCC1. The Balaban J connectivity index is 1.97. The van der Waals surface area contributed by atoms with E-state index in [1.807, 2.05) is 0 Å². The van der Waals surface area contributed by atoms with Crippen LogP contribution in [0.2, 0.25) is 0 Å². The van der Waals surface area contributed by atoms with E-state index in [2.05, 4.69) is 19.2 Å². The lowest BCUT2D eigenvalue weighted by Crippen LogP contribution is -2.32. The molecule has 0 saturated heterocycles. The molecule has 1 rings (SSSR count). The third-order valence-corrected chi connectivity index (χ3v) is 2.63. The van der Waals surface area contributed by atoms with Crippen LogP contribution in [0, 0.1) is 0 Å². The van der Waals surface area contributed by atoms with Crippen molar-refractivity contribution in [2.45, 2.75) is 58.1 Å². The van der Waals surface area contributed by atoms with E-state index in [1.165, 1.54) is 32.1 Å². The monoisotopic (exact) mass is 185 g/mol. The highest BCUT2D eigenvalue weighted by atomic mass is 16.5. The van der Waals surface area contributed by atoms with Gasteiger partial charge in [0.1, 0.15) is 0 Å². The Labute approximate surface area is 82.0 Å². The lowest BCUT2D eigenvalue weighted by molar-refractivity contribution is 0.0458. The van der Waals surface area contributed by atoms with Crippen LogP contribution >= 0.6 is 0 Å². The first kappa shape index (κ1) is 11.0. The van der Waals surface area contributed by atoms with Gasteiger partial charge >= 0.3 is 0 Å². The summed E-state index contributed by atoms with van der Waals surface area (Å²) in [6, 6.07) is 0.514. The van der Waals surface area contributed by atoms with E-state index in [1.54, 1.807) is 0 Å². The highest BCUT2D eigenvalue weighted by Crippen LogP contribution is 2.20. The number of hydrogen-bond acceptors (Lipinski definition) is 2. The number of rotatable bonds is 6. The largest absolute Gasteiger partial charge is 0.377 e. The minimum atomic E-state index is 0.514. The predicted octanol–water partition coefficient (Wildman–Crippen LogP) is 2.33. The van der Waals surface area contributed by atoms with Gasteiger partial charge in [0.05, 0.1) is 12.7 Å². The highest BCUT2D eigenvalue weighted by molar-refractivity contribution is 4.68. The molecule has 1 atom stereocenters. The molecule has 2 nitrogen and oxygen atoms in total. The molecule has 1 aliphatic rings. The van der Waals surface area contributed by atoms with Gasteiger partial charge in [0.2, 0.25) is 0 Å². The summed E-state index contributed by atoms with van der Waals surface area (Å²) in [4.78, 5) is 0. The second-order valence-corrected chi connectivity index (χ2v) is 4.09. The molecule has 0 aromatic carbocycles. The predicted molar refractivity (Wildman–Crippen MR) is 56.0 cm³/mol. The van der Waals surface area contributed by atoms with Gasteiger partial charge in [0, 0.05) is 6.04 Å². The Hall–Kier alpha value is -0.0800. The fourth-order valence-corrected chi connectivity index (χ4v) is 1.79. The van der Waals surface area contributed by atoms with Crippen LogP contribution in [0.3, 0.4) is 0 Å². The number of nitrogens with one attached hydrogen (secondary N) is 1. The van der Waals surface area contributed by atoms with Crippen molar-refractivity contribution >= 4 is 0 Å². The first-order valence-corrected chi connectivity index (χ1v) is 5.68. The van der Waals surface area contributed by atoms with Crippen LogP contribution in [-0.2, 0) is 4.74 Å². The van der Waals surface area contributed by atoms with E-state index >= 15 is 0 Å². The first-order chi connectivity index (χ1) is 6.33. The lowest BCUT2D eigenvalue weighted by atomic mass is 10.3. The van der Waals surface area contributed by atoms with E-state index in [-0.39, 0.29) is 0 Å². The Morgan fingerprint density at radius 1 is 1.38 bits per heavy atom. The van der Waals surface area contributed by atoms with Gasteiger partial charge < -0.3 is 10.1 Å². The fraction of sp³-hybridized carbons (Fsp3) is 1.00. The summed E-state index contributed by atoms with van der Waals surface area (Å²) in [5, 5.41) is 3.43. The van der Waals surface area contributed by atoms with Gasteiger partial charge in [-0.2, -0.15) is 0 Å². The summed E-state index contributed by atoms with van der Waals surface area (Å²) in [7, 11) is 0. The summed E-state index contributed by atoms with van der Waals surface area (Å²) >= 11 is 0. The van der Waals surface area contributed by atoms with Crippen molar-refractivity contribution in [2.24, 2.45) is 0 Å². The molecule has 78 valence electrons. The quantitative estimate of drug-likeness (QED) is 0.686. The molecule has 0 spiro atoms. The van der Waals surface area contributed by atoms with Crippen molar-refractivity contribution in [1.82, 2.24) is 5.32 Å². The van der Waals surface area contributed by atoms with Crippen LogP contribution in [-0.4, -0.2) is 25.3 Å². The van der Waals surface area contributed by atoms with Crippen LogP contribution in [0.4, 0.5) is 0 Å². The Bertz CT molecular complexity index is 121. The molecule has 1 N–H and O–H groups in total. The zero-order chi connectivity index (χ0) is 9.52. The molecule has 0 aromatic heterocycles. The van der Waals surface area contributed by atoms with E-state index < -0.39 is 0 Å². The standard InChI is InChI=1S/C11H23NO/c1-3-8-12-10(2)9-13-11-6-4-5-7-11/h10-12H,3-9H2,1-2H3. The molecule has 0 radical (unpaired) electrons. The summed E-state index contributed by atoms with van der Waals surface area (Å²) in [5.41, 5.74) is 0. The second-order valence-electron chi connectivity index (χ2n) is 4.09. The lowest BCUT2D eigenvalue weighted by Gasteiger charge is -2.17. The van der Waals surface area contributed by atoms with Gasteiger partial charge in [-0.05, 0) is 32.7 Å². The molecular formula is C11H23NO. The van der Waals surface area contributed by atoms with Crippen molar-refractivity contribution in [1.29, 1.82) is 0 Å². The molecular weight excluding hydrogens is 162 g/mol. The topological polar surface area (TPSA) is 21.3 Å². The molecule has 0 heterocycles. The van der Waals surface area contributed by atoms with Crippen molar-refractivity contribution in [3.8, 4) is 0 Å². The van der Waals surface area contributed by atoms with Gasteiger partial charge in [-0.15, -0.1) is 0 Å². The molecule has 13 heavy (non-hydrogen) atoms. The highest BCUT2D eigenvalue weighted by Gasteiger charge is 2.15. The molecule has 0 amide bonds. The van der Waals surface area contributed by atoms with E-state index in [4.69, 9.17) is 4.74 Å². The van der Waals surface area contributed by atoms with Gasteiger partial charge in [0.25, 0.3) is 0 Å². The maximum Gasteiger partial charge on any atom is 0.0620 e. The van der Waals surface area contributed by atoms with Crippen LogP contribution < -0.4 is 5.32 Å². The maximum absolute atomic E-state index is 5.80. The molecule has 2 heteroatoms. The zero-order valence-corrected chi connectivity index (χ0v) is 9.01. The smallest absolute Gasteiger partial charge is 0.0620 e. The average molecular weight is 185 g/mol. The Kier molecular flexibility index (Phi) is 5.40. The first-order valence-electron chi connectivity index (χ1n) is 5.68. The van der Waals surface area contributed by atoms with Gasteiger partial charge in [0.15, 0.2) is 0 Å². The minimum absolute atomic E-state index is 0.514. The van der Waals surface area contributed by atoms with E-state index in [0.717, 1.165) is 13.2 Å². The molecule has 1 saturated carbocycles. The van der Waals surface area contributed by atoms with Crippen LogP contribution in [0.1, 0.15) is 46.0 Å². The van der Waals surface area contributed by atoms with Gasteiger partial charge in [-0.1, -0.05) is 19.8 Å². The van der Waals surface area contributed by atoms with Crippen LogP contribution in [0.5, 0.6) is 0 Å². The van der Waals surface area contributed by atoms with E-state index in [0.29, 0.717) is 12.1 Å². The van der Waals surface area contributed by atoms with Crippen molar-refractivity contribution in [2.75, 3.05) is 13.2 Å². The molecule has 1 unspecified atom stereocenters. The number of ether oxygens (including phenoxy) is 1. The number of hydrogen-bond donors (Lipinski definition) is 1. The third-order valence-electron chi connectivity index (χ3n) is 2.63. The summed E-state index contributed by atoms with van der Waals surface area (Å²) in [6.07, 6.45) is 7.04. The van der Waals surface area contributed by atoms with Crippen molar-refractivity contribution in [3.05, 3.63) is 0 Å². The molecule has 0 aromatic rings. The molecule has 1 aliphatic carbocycles. The summed E-state index contributed by atoms with van der Waals surface area (Å²) < 4.78 is 5.80. The molecule has 1 fully saturated rings. The molecule has 0 aliphatic heterocycles. The Morgan fingerprint density at radius 2 is 2.08 bits per heavy atom. The Morgan fingerprint density at radius 3 is 2.69 bits per heavy atom. The van der Waals surface area contributed by atoms with Crippen LogP contribution in [0.25, 0.3) is 0 Å². The molecule has 0 bridgehead atoms. The third kappa shape index (κ3) is 4.63. The normalized spacial score (nSPS) is 20.8. The van der Waals surface area contributed by atoms with E-state index in [9.17, 15) is 0 Å². The van der Waals surface area contributed by atoms with Gasteiger partial charge in [-0.3, -0.25) is 0 Å². The maximum atomic E-state index is 5.80. The summed E-state index contributed by atoms with van der Waals surface area (Å²) in [5.74, 6) is 0. The van der Waals surface area contributed by atoms with Crippen molar-refractivity contribution in [3.63, 3.8) is 0 Å². The van der Waals surface area contributed by atoms with Crippen molar-refractivity contribution < 1.29 is 4.74 Å². The van der Waals surface area contributed by atoms with Gasteiger partial charge in [-0.25, -0.2) is 0 Å². The second kappa shape index (κ2) is 6.39. The van der Waals surface area contributed by atoms with Crippen LogP contribution in [0.15, 0.2) is 0 Å². The summed E-state index contributed by atoms with van der Waals surface area (Å²) in [6.45, 7) is 6.38.